The minimum atomic E-state index is -5.17. The van der Waals surface area contributed by atoms with Crippen molar-refractivity contribution in [1.82, 2.24) is 0 Å². The Morgan fingerprint density at radius 3 is 2.33 bits per heavy atom. The van der Waals surface area contributed by atoms with Crippen molar-refractivity contribution >= 4 is 23.3 Å². The van der Waals surface area contributed by atoms with E-state index in [2.05, 4.69) is 9.47 Å². The van der Waals surface area contributed by atoms with Crippen molar-refractivity contribution in [2.75, 3.05) is 26.2 Å². The molecule has 130 valence electrons. The molecule has 0 fully saturated rings. The average Bonchev–Trinajstić information content (AvgIpc) is 2.73. The first-order chi connectivity index (χ1) is 11.0. The van der Waals surface area contributed by atoms with Crippen molar-refractivity contribution in [2.24, 2.45) is 0 Å². The number of fused-ring (bicyclic) bond motifs is 1. The van der Waals surface area contributed by atoms with Crippen molar-refractivity contribution in [3.8, 4) is 0 Å². The van der Waals surface area contributed by atoms with Gasteiger partial charge in [0.1, 0.15) is 5.56 Å². The van der Waals surface area contributed by atoms with Gasteiger partial charge < -0.3 is 14.4 Å². The summed E-state index contributed by atoms with van der Waals surface area (Å²) < 4.78 is 49.5. The Balaban J connectivity index is 2.88. The van der Waals surface area contributed by atoms with E-state index >= 15 is 0 Å². The van der Waals surface area contributed by atoms with E-state index in [1.54, 1.807) is 0 Å². The molecule has 0 radical (unpaired) electrons. The lowest BCUT2D eigenvalue weighted by Crippen LogP contribution is -2.51. The molecular weight excluding hydrogens is 337 g/mol. The Bertz CT molecular complexity index is 748. The molecule has 1 aliphatic rings. The first-order valence-electron chi connectivity index (χ1n) is 6.34. The molecule has 11 heteroatoms. The molecule has 1 aromatic carbocycles. The van der Waals surface area contributed by atoms with Crippen LogP contribution in [0.2, 0.25) is 0 Å². The van der Waals surface area contributed by atoms with E-state index in [1.807, 2.05) is 0 Å². The third kappa shape index (κ3) is 2.12. The highest BCUT2D eigenvalue weighted by molar-refractivity contribution is 6.09. The number of alkyl halides is 3. The number of esters is 1. The molecule has 1 unspecified atom stereocenters. The first-order valence-corrected chi connectivity index (χ1v) is 6.34. The Labute approximate surface area is 132 Å². The Morgan fingerprint density at radius 1 is 1.33 bits per heavy atom. The summed E-state index contributed by atoms with van der Waals surface area (Å²) in [4.78, 5) is 34.6. The Morgan fingerprint density at radius 2 is 1.92 bits per heavy atom. The highest BCUT2D eigenvalue weighted by Crippen LogP contribution is 2.52. The minimum Gasteiger partial charge on any atom is -0.465 e. The zero-order chi connectivity index (χ0) is 18.4. The zero-order valence-corrected chi connectivity index (χ0v) is 12.6. The Kier molecular flexibility index (Phi) is 4.00. The number of benzene rings is 1. The number of nitro benzene ring substituents is 1. The molecular formula is C13H11F3N2O6. The molecule has 1 atom stereocenters. The van der Waals surface area contributed by atoms with Gasteiger partial charge in [-0.25, -0.2) is 4.79 Å². The van der Waals surface area contributed by atoms with Crippen LogP contribution in [0.15, 0.2) is 12.1 Å². The lowest BCUT2D eigenvalue weighted by molar-refractivity contribution is -0.385. The van der Waals surface area contributed by atoms with E-state index in [-0.39, 0.29) is 5.69 Å². The summed E-state index contributed by atoms with van der Waals surface area (Å²) in [5.74, 6) is -2.59. The lowest BCUT2D eigenvalue weighted by Gasteiger charge is -2.28. The fourth-order valence-electron chi connectivity index (χ4n) is 2.61. The predicted molar refractivity (Wildman–Crippen MR) is 72.6 cm³/mol. The minimum absolute atomic E-state index is 0.329. The summed E-state index contributed by atoms with van der Waals surface area (Å²) in [5.41, 5.74) is -5.96. The number of hydrogen-bond acceptors (Lipinski definition) is 6. The SMILES string of the molecule is COC(=O)c1cc2c(cc1[N+](=O)[O-])C(OC)(C(F)(F)F)C(=O)N2C. The number of amides is 1. The molecule has 1 amide bonds. The second-order valence-electron chi connectivity index (χ2n) is 4.88. The summed E-state index contributed by atoms with van der Waals surface area (Å²) in [6.45, 7) is 0. The van der Waals surface area contributed by atoms with Crippen LogP contribution in [0.4, 0.5) is 24.5 Å². The van der Waals surface area contributed by atoms with E-state index in [0.717, 1.165) is 20.2 Å². The van der Waals surface area contributed by atoms with Gasteiger partial charge in [0.15, 0.2) is 0 Å². The molecule has 8 nitrogen and oxygen atoms in total. The van der Waals surface area contributed by atoms with Crippen LogP contribution in [0.5, 0.6) is 0 Å². The van der Waals surface area contributed by atoms with E-state index in [1.165, 1.54) is 0 Å². The van der Waals surface area contributed by atoms with Gasteiger partial charge in [0.2, 0.25) is 0 Å². The summed E-state index contributed by atoms with van der Waals surface area (Å²) in [6.07, 6.45) is -5.17. The van der Waals surface area contributed by atoms with E-state index in [0.29, 0.717) is 18.1 Å². The van der Waals surface area contributed by atoms with E-state index in [4.69, 9.17) is 0 Å². The number of halogens is 3. The number of likely N-dealkylation sites (N-methyl/N-ethyl adjacent to an activating group) is 1. The molecule has 0 aromatic heterocycles. The van der Waals surface area contributed by atoms with Gasteiger partial charge in [-0.05, 0) is 6.07 Å². The van der Waals surface area contributed by atoms with Crippen LogP contribution in [0.3, 0.4) is 0 Å². The van der Waals surface area contributed by atoms with Crippen molar-refractivity contribution in [2.45, 2.75) is 11.8 Å². The predicted octanol–water partition coefficient (Wildman–Crippen LogP) is 1.76. The van der Waals surface area contributed by atoms with Crippen LogP contribution in [0, 0.1) is 10.1 Å². The molecule has 1 aliphatic heterocycles. The van der Waals surface area contributed by atoms with Gasteiger partial charge in [0.05, 0.1) is 17.7 Å². The first kappa shape index (κ1) is 17.7. The van der Waals surface area contributed by atoms with Gasteiger partial charge in [0.25, 0.3) is 17.2 Å². The highest BCUT2D eigenvalue weighted by atomic mass is 19.4. The van der Waals surface area contributed by atoms with Crippen molar-refractivity contribution in [3.63, 3.8) is 0 Å². The average molecular weight is 348 g/mol. The monoisotopic (exact) mass is 348 g/mol. The highest BCUT2D eigenvalue weighted by Gasteiger charge is 2.68. The second-order valence-corrected chi connectivity index (χ2v) is 4.88. The number of nitrogens with zero attached hydrogens (tertiary/aromatic N) is 2. The van der Waals surface area contributed by atoms with E-state index in [9.17, 15) is 32.9 Å². The van der Waals surface area contributed by atoms with Gasteiger partial charge in [-0.1, -0.05) is 0 Å². The topological polar surface area (TPSA) is 99.0 Å². The zero-order valence-electron chi connectivity index (χ0n) is 12.6. The molecule has 0 aliphatic carbocycles. The molecule has 0 spiro atoms. The number of methoxy groups -OCH3 is 2. The number of carbonyl (C=O) groups is 2. The molecule has 0 bridgehead atoms. The third-order valence-electron chi connectivity index (χ3n) is 3.77. The second kappa shape index (κ2) is 5.44. The number of carbonyl (C=O) groups excluding carboxylic acids is 2. The number of rotatable bonds is 3. The molecule has 1 aromatic rings. The van der Waals surface area contributed by atoms with Gasteiger partial charge in [-0.3, -0.25) is 14.9 Å². The summed E-state index contributed by atoms with van der Waals surface area (Å²) in [6, 6.07) is 1.32. The van der Waals surface area contributed by atoms with Gasteiger partial charge in [0, 0.05) is 25.8 Å². The molecule has 24 heavy (non-hydrogen) atoms. The summed E-state index contributed by atoms with van der Waals surface area (Å²) in [7, 11) is 2.68. The normalized spacial score (nSPS) is 20.1. The maximum absolute atomic E-state index is 13.5. The number of hydrogen-bond donors (Lipinski definition) is 0. The molecule has 0 N–H and O–H groups in total. The maximum Gasteiger partial charge on any atom is 0.431 e. The van der Waals surface area contributed by atoms with E-state index < -0.39 is 45.4 Å². The van der Waals surface area contributed by atoms with Crippen LogP contribution in [0.25, 0.3) is 0 Å². The quantitative estimate of drug-likeness (QED) is 0.469. The molecule has 1 heterocycles. The van der Waals surface area contributed by atoms with Crippen LogP contribution in [0.1, 0.15) is 15.9 Å². The molecule has 0 saturated carbocycles. The van der Waals surface area contributed by atoms with Crippen molar-refractivity contribution in [1.29, 1.82) is 0 Å². The standard InChI is InChI=1S/C13H11F3N2O6/c1-17-9-4-6(10(19)23-2)8(18(21)22)5-7(9)12(24-3,11(17)20)13(14,15)16/h4-5H,1-3H3. The lowest BCUT2D eigenvalue weighted by atomic mass is 9.92. The summed E-state index contributed by atoms with van der Waals surface area (Å²) in [5, 5.41) is 11.1. The number of anilines is 1. The molecule has 0 saturated heterocycles. The smallest absolute Gasteiger partial charge is 0.431 e. The number of nitro groups is 1. The maximum atomic E-state index is 13.5. The largest absolute Gasteiger partial charge is 0.465 e. The van der Waals surface area contributed by atoms with Crippen LogP contribution in [-0.2, 0) is 19.9 Å². The van der Waals surface area contributed by atoms with Gasteiger partial charge in [-0.2, -0.15) is 13.2 Å². The van der Waals surface area contributed by atoms with Gasteiger partial charge in [-0.15, -0.1) is 0 Å². The van der Waals surface area contributed by atoms with Crippen molar-refractivity contribution < 1.29 is 37.2 Å². The third-order valence-corrected chi connectivity index (χ3v) is 3.77. The van der Waals surface area contributed by atoms with Crippen LogP contribution >= 0.6 is 0 Å². The van der Waals surface area contributed by atoms with Crippen LogP contribution < -0.4 is 4.90 Å². The van der Waals surface area contributed by atoms with Crippen molar-refractivity contribution in [3.05, 3.63) is 33.4 Å². The Hall–Kier alpha value is -2.69. The number of ether oxygens (including phenoxy) is 2. The molecule has 2 rings (SSSR count). The fourth-order valence-corrected chi connectivity index (χ4v) is 2.61. The summed E-state index contributed by atoms with van der Waals surface area (Å²) >= 11 is 0. The fraction of sp³-hybridized carbons (Fsp3) is 0.385. The van der Waals surface area contributed by atoms with Crippen LogP contribution in [-0.4, -0.2) is 44.2 Å². The van der Waals surface area contributed by atoms with Gasteiger partial charge >= 0.3 is 12.1 Å².